The van der Waals surface area contributed by atoms with Crippen LogP contribution in [0.3, 0.4) is 0 Å². The zero-order chi connectivity index (χ0) is 15.4. The van der Waals surface area contributed by atoms with Crippen LogP contribution in [0.1, 0.15) is 34.7 Å². The molecule has 0 aliphatic heterocycles. The lowest BCUT2D eigenvalue weighted by molar-refractivity contribution is 0.0594. The molecular weight excluding hydrogens is 278 g/mol. The molecule has 0 aliphatic carbocycles. The molecule has 0 aliphatic rings. The molecule has 1 atom stereocenters. The maximum Gasteiger partial charge on any atom is 0.354 e. The zero-order valence-electron chi connectivity index (χ0n) is 11.7. The average molecular weight is 294 g/mol. The van der Waals surface area contributed by atoms with Crippen LogP contribution in [0.2, 0.25) is 0 Å². The second-order valence-corrected chi connectivity index (χ2v) is 4.66. The van der Waals surface area contributed by atoms with E-state index in [0.717, 1.165) is 11.8 Å². The van der Waals surface area contributed by atoms with Crippen molar-refractivity contribution in [2.45, 2.75) is 19.5 Å². The molecule has 2 aromatic rings. The minimum absolute atomic E-state index is 0.296. The zero-order valence-corrected chi connectivity index (χ0v) is 11.7. The van der Waals surface area contributed by atoms with Gasteiger partial charge in [-0.2, -0.15) is 0 Å². The number of aromatic nitrogens is 1. The summed E-state index contributed by atoms with van der Waals surface area (Å²) < 4.78 is 31.1. The van der Waals surface area contributed by atoms with Crippen molar-refractivity contribution < 1.29 is 18.3 Å². The monoisotopic (exact) mass is 294 g/mol. The molecule has 6 heteroatoms. The van der Waals surface area contributed by atoms with Gasteiger partial charge in [0.15, 0.2) is 0 Å². The van der Waals surface area contributed by atoms with Gasteiger partial charge in [-0.25, -0.2) is 13.6 Å². The van der Waals surface area contributed by atoms with Crippen LogP contribution in [0.15, 0.2) is 30.3 Å². The summed E-state index contributed by atoms with van der Waals surface area (Å²) in [6.07, 6.45) is 0. The Balaban J connectivity index is 1.99. The molecule has 4 nitrogen and oxygen atoms in total. The van der Waals surface area contributed by atoms with E-state index in [1.807, 2.05) is 0 Å². The molecule has 0 spiro atoms. The molecular formula is C15H16F2N2O2. The number of carbonyl (C=O) groups is 1. The summed E-state index contributed by atoms with van der Waals surface area (Å²) in [5.41, 5.74) is 1.51. The Labute approximate surface area is 121 Å². The first-order valence-electron chi connectivity index (χ1n) is 6.45. The van der Waals surface area contributed by atoms with Gasteiger partial charge >= 0.3 is 5.97 Å². The third-order valence-electron chi connectivity index (χ3n) is 3.18. The summed E-state index contributed by atoms with van der Waals surface area (Å²) in [5.74, 6) is -1.63. The molecule has 0 saturated heterocycles. The smallest absolute Gasteiger partial charge is 0.354 e. The highest BCUT2D eigenvalue weighted by molar-refractivity contribution is 5.87. The quantitative estimate of drug-likeness (QED) is 0.834. The van der Waals surface area contributed by atoms with E-state index in [-0.39, 0.29) is 6.04 Å². The molecule has 21 heavy (non-hydrogen) atoms. The van der Waals surface area contributed by atoms with Crippen LogP contribution in [0.4, 0.5) is 8.78 Å². The Kier molecular flexibility index (Phi) is 4.70. The van der Waals surface area contributed by atoms with Crippen molar-refractivity contribution in [1.82, 2.24) is 10.3 Å². The Hall–Kier alpha value is -2.21. The van der Waals surface area contributed by atoms with E-state index in [1.165, 1.54) is 19.2 Å². The largest absolute Gasteiger partial charge is 0.464 e. The van der Waals surface area contributed by atoms with Crippen LogP contribution >= 0.6 is 0 Å². The lowest BCUT2D eigenvalue weighted by Crippen LogP contribution is -2.19. The number of rotatable bonds is 5. The minimum Gasteiger partial charge on any atom is -0.464 e. The highest BCUT2D eigenvalue weighted by atomic mass is 19.1. The van der Waals surface area contributed by atoms with Gasteiger partial charge in [0, 0.05) is 29.9 Å². The number of benzene rings is 1. The van der Waals surface area contributed by atoms with Gasteiger partial charge in [0.05, 0.1) is 7.11 Å². The van der Waals surface area contributed by atoms with Gasteiger partial charge in [0.25, 0.3) is 0 Å². The van der Waals surface area contributed by atoms with Crippen LogP contribution in [-0.2, 0) is 11.3 Å². The Morgan fingerprint density at radius 3 is 2.76 bits per heavy atom. The molecule has 2 rings (SSSR count). The molecule has 1 aromatic carbocycles. The van der Waals surface area contributed by atoms with E-state index >= 15 is 0 Å². The predicted molar refractivity (Wildman–Crippen MR) is 73.7 cm³/mol. The Morgan fingerprint density at radius 2 is 2.10 bits per heavy atom. The average Bonchev–Trinajstić information content (AvgIpc) is 2.92. The third-order valence-corrected chi connectivity index (χ3v) is 3.18. The van der Waals surface area contributed by atoms with E-state index in [4.69, 9.17) is 0 Å². The summed E-state index contributed by atoms with van der Waals surface area (Å²) >= 11 is 0. The van der Waals surface area contributed by atoms with Crippen LogP contribution in [0.25, 0.3) is 0 Å². The number of halogens is 2. The van der Waals surface area contributed by atoms with Gasteiger partial charge in [-0.1, -0.05) is 6.07 Å². The first-order chi connectivity index (χ1) is 10.0. The number of carbonyl (C=O) groups excluding carboxylic acids is 1. The molecule has 2 N–H and O–H groups in total. The Morgan fingerprint density at radius 1 is 1.33 bits per heavy atom. The van der Waals surface area contributed by atoms with E-state index < -0.39 is 17.6 Å². The third kappa shape index (κ3) is 3.66. The fourth-order valence-corrected chi connectivity index (χ4v) is 2.00. The van der Waals surface area contributed by atoms with Crippen molar-refractivity contribution in [3.05, 3.63) is 58.9 Å². The normalized spacial score (nSPS) is 12.2. The topological polar surface area (TPSA) is 54.1 Å². The van der Waals surface area contributed by atoms with Crippen molar-refractivity contribution in [3.8, 4) is 0 Å². The van der Waals surface area contributed by atoms with E-state index in [1.54, 1.807) is 19.1 Å². The maximum absolute atomic E-state index is 13.6. The summed E-state index contributed by atoms with van der Waals surface area (Å²) in [7, 11) is 1.31. The van der Waals surface area contributed by atoms with Gasteiger partial charge in [-0.15, -0.1) is 0 Å². The van der Waals surface area contributed by atoms with E-state index in [2.05, 4.69) is 15.0 Å². The van der Waals surface area contributed by atoms with Crippen LogP contribution in [-0.4, -0.2) is 18.1 Å². The van der Waals surface area contributed by atoms with Crippen molar-refractivity contribution in [3.63, 3.8) is 0 Å². The molecule has 112 valence electrons. The van der Waals surface area contributed by atoms with Gasteiger partial charge in [-0.3, -0.25) is 0 Å². The summed E-state index contributed by atoms with van der Waals surface area (Å²) in [5, 5.41) is 3.10. The number of esters is 1. The molecule has 1 heterocycles. The maximum atomic E-state index is 13.6. The number of H-pyrrole nitrogens is 1. The second kappa shape index (κ2) is 6.49. The molecule has 1 aromatic heterocycles. The summed E-state index contributed by atoms with van der Waals surface area (Å²) in [6, 6.07) is 6.56. The van der Waals surface area contributed by atoms with Gasteiger partial charge in [0.1, 0.15) is 17.3 Å². The predicted octanol–water partition coefficient (Wildman–Crippen LogP) is 2.93. The molecule has 0 bridgehead atoms. The summed E-state index contributed by atoms with van der Waals surface area (Å²) in [4.78, 5) is 14.2. The fraction of sp³-hybridized carbons (Fsp3) is 0.267. The van der Waals surface area contributed by atoms with Gasteiger partial charge in [-0.05, 0) is 25.1 Å². The fourth-order valence-electron chi connectivity index (χ4n) is 2.00. The van der Waals surface area contributed by atoms with Crippen LogP contribution < -0.4 is 5.32 Å². The first kappa shape index (κ1) is 15.2. The molecule has 1 unspecified atom stereocenters. The number of methoxy groups -OCH3 is 1. The SMILES string of the molecule is COC(=O)c1ccc(CNC(C)c2ccc(F)cc2F)[nH]1. The number of ether oxygens (including phenoxy) is 1. The molecule has 0 amide bonds. The standard InChI is InChI=1S/C15H16F2N2O2/c1-9(12-5-3-10(16)7-13(12)17)18-8-11-4-6-14(19-11)15(20)21-2/h3-7,9,18-19H,8H2,1-2H3. The van der Waals surface area contributed by atoms with Crippen molar-refractivity contribution in [2.75, 3.05) is 7.11 Å². The number of nitrogens with one attached hydrogen (secondary N) is 2. The summed E-state index contributed by atoms with van der Waals surface area (Å²) in [6.45, 7) is 2.19. The van der Waals surface area contributed by atoms with E-state index in [0.29, 0.717) is 17.8 Å². The molecule has 0 fully saturated rings. The van der Waals surface area contributed by atoms with E-state index in [9.17, 15) is 13.6 Å². The number of aromatic amines is 1. The van der Waals surface area contributed by atoms with Crippen LogP contribution in [0, 0.1) is 11.6 Å². The molecule has 0 radical (unpaired) electrons. The first-order valence-corrected chi connectivity index (χ1v) is 6.45. The lowest BCUT2D eigenvalue weighted by atomic mass is 10.1. The van der Waals surface area contributed by atoms with Crippen LogP contribution in [0.5, 0.6) is 0 Å². The minimum atomic E-state index is -0.601. The van der Waals surface area contributed by atoms with Crippen molar-refractivity contribution >= 4 is 5.97 Å². The molecule has 0 saturated carbocycles. The lowest BCUT2D eigenvalue weighted by Gasteiger charge is -2.14. The van der Waals surface area contributed by atoms with Gasteiger partial charge < -0.3 is 15.0 Å². The van der Waals surface area contributed by atoms with Crippen molar-refractivity contribution in [1.29, 1.82) is 0 Å². The number of hydrogen-bond acceptors (Lipinski definition) is 3. The van der Waals surface area contributed by atoms with Crippen molar-refractivity contribution in [2.24, 2.45) is 0 Å². The van der Waals surface area contributed by atoms with Gasteiger partial charge in [0.2, 0.25) is 0 Å². The Bertz CT molecular complexity index is 640. The highest BCUT2D eigenvalue weighted by Gasteiger charge is 2.12. The second-order valence-electron chi connectivity index (χ2n) is 4.66. The number of hydrogen-bond donors (Lipinski definition) is 2. The highest BCUT2D eigenvalue weighted by Crippen LogP contribution is 2.18.